The number of fused-ring (bicyclic) bond motifs is 1. The minimum atomic E-state index is -1.23. The van der Waals surface area contributed by atoms with Crippen molar-refractivity contribution in [1.82, 2.24) is 0 Å². The topological polar surface area (TPSA) is 80.7 Å². The van der Waals surface area contributed by atoms with Crippen LogP contribution in [0.1, 0.15) is 75.9 Å². The Labute approximate surface area is 189 Å². The summed E-state index contributed by atoms with van der Waals surface area (Å²) in [5, 5.41) is 10.8. The second kappa shape index (κ2) is 9.37. The number of ether oxygens (including phenoxy) is 1. The van der Waals surface area contributed by atoms with Crippen LogP contribution in [0.25, 0.3) is 0 Å². The maximum absolute atomic E-state index is 13.3. The molecule has 170 valence electrons. The quantitative estimate of drug-likeness (QED) is 0.525. The molecule has 3 rings (SSSR count). The van der Waals surface area contributed by atoms with Crippen molar-refractivity contribution < 1.29 is 24.2 Å². The maximum Gasteiger partial charge on any atom is 0.180 e. The first kappa shape index (κ1) is 23.9. The number of allylic oxidation sites excluding steroid dienone is 5. The fourth-order valence-electron chi connectivity index (χ4n) is 4.55. The largest absolute Gasteiger partial charge is 0.488 e. The van der Waals surface area contributed by atoms with Crippen LogP contribution in [0, 0.1) is 11.3 Å². The Kier molecular flexibility index (Phi) is 6.99. The Bertz CT molecular complexity index is 1040. The van der Waals surface area contributed by atoms with Gasteiger partial charge in [-0.25, -0.2) is 0 Å². The first-order valence-electron chi connectivity index (χ1n) is 11.1. The van der Waals surface area contributed by atoms with Crippen LogP contribution in [0.5, 0.6) is 5.75 Å². The molecule has 0 amide bonds. The van der Waals surface area contributed by atoms with Gasteiger partial charge >= 0.3 is 0 Å². The second-order valence-electron chi connectivity index (χ2n) is 9.12. The Hall–Kier alpha value is -2.79. The van der Waals surface area contributed by atoms with Crippen molar-refractivity contribution in [3.63, 3.8) is 0 Å². The van der Waals surface area contributed by atoms with E-state index < -0.39 is 29.0 Å². The number of rotatable bonds is 4. The van der Waals surface area contributed by atoms with Crippen LogP contribution in [0.15, 0.2) is 53.1 Å². The van der Waals surface area contributed by atoms with Crippen molar-refractivity contribution in [3.8, 4) is 5.75 Å². The summed E-state index contributed by atoms with van der Waals surface area (Å²) in [6, 6.07) is 5.06. The van der Waals surface area contributed by atoms with E-state index in [9.17, 15) is 19.5 Å². The zero-order valence-electron chi connectivity index (χ0n) is 19.5. The van der Waals surface area contributed by atoms with Gasteiger partial charge in [-0.05, 0) is 63.8 Å². The molecule has 1 aromatic carbocycles. The highest BCUT2D eigenvalue weighted by Gasteiger charge is 2.45. The van der Waals surface area contributed by atoms with Gasteiger partial charge in [0.05, 0.1) is 17.1 Å². The smallest absolute Gasteiger partial charge is 0.180 e. The lowest BCUT2D eigenvalue weighted by molar-refractivity contribution is -0.126. The third kappa shape index (κ3) is 4.26. The predicted octanol–water partition coefficient (Wildman–Crippen LogP) is 5.10. The van der Waals surface area contributed by atoms with E-state index in [1.807, 2.05) is 39.8 Å². The normalized spacial score (nSPS) is 27.2. The Morgan fingerprint density at radius 2 is 1.97 bits per heavy atom. The molecule has 0 saturated heterocycles. The summed E-state index contributed by atoms with van der Waals surface area (Å²) in [7, 11) is 0. The summed E-state index contributed by atoms with van der Waals surface area (Å²) in [6.07, 6.45) is 5.42. The highest BCUT2D eigenvalue weighted by atomic mass is 16.5. The summed E-state index contributed by atoms with van der Waals surface area (Å²) in [5.74, 6) is -1.73. The molecule has 2 bridgehead atoms. The summed E-state index contributed by atoms with van der Waals surface area (Å²) >= 11 is 0. The van der Waals surface area contributed by atoms with Gasteiger partial charge in [0.1, 0.15) is 24.1 Å². The highest BCUT2D eigenvalue weighted by molar-refractivity contribution is 6.18. The first-order valence-corrected chi connectivity index (χ1v) is 11.1. The summed E-state index contributed by atoms with van der Waals surface area (Å²) in [4.78, 5) is 39.7. The van der Waals surface area contributed by atoms with Gasteiger partial charge in [-0.15, -0.1) is 0 Å². The van der Waals surface area contributed by atoms with Crippen LogP contribution in [-0.2, 0) is 9.59 Å². The molecule has 32 heavy (non-hydrogen) atoms. The molecule has 0 saturated carbocycles. The van der Waals surface area contributed by atoms with E-state index >= 15 is 0 Å². The zero-order valence-corrected chi connectivity index (χ0v) is 19.5. The number of hydrogen-bond acceptors (Lipinski definition) is 5. The molecule has 5 heteroatoms. The molecular formula is C27H32O5. The van der Waals surface area contributed by atoms with Gasteiger partial charge in [0.15, 0.2) is 11.6 Å². The number of aliphatic hydroxyl groups excluding tert-OH is 1. The van der Waals surface area contributed by atoms with Crippen molar-refractivity contribution in [3.05, 3.63) is 64.3 Å². The molecule has 2 aliphatic rings. The SMILES string of the molecule is CCC(=O)[C@@]1(CC=C(C)C)C/C=C(\C)COc2cccc3c2C(=O)[C@@H](C(=O)C=C1C)[C@@H]3O. The molecule has 0 spiro atoms. The number of carbonyl (C=O) groups is 3. The van der Waals surface area contributed by atoms with Gasteiger partial charge in [0.2, 0.25) is 0 Å². The summed E-state index contributed by atoms with van der Waals surface area (Å²) in [5.41, 5.74) is 2.43. The van der Waals surface area contributed by atoms with Crippen LogP contribution in [-0.4, -0.2) is 29.1 Å². The van der Waals surface area contributed by atoms with Crippen LogP contribution in [0.3, 0.4) is 0 Å². The number of aliphatic hydroxyl groups is 1. The maximum atomic E-state index is 13.3. The summed E-state index contributed by atoms with van der Waals surface area (Å²) < 4.78 is 5.93. The molecule has 3 atom stereocenters. The van der Waals surface area contributed by atoms with Crippen molar-refractivity contribution in [2.75, 3.05) is 6.61 Å². The van der Waals surface area contributed by atoms with Crippen molar-refractivity contribution in [2.45, 2.75) is 60.0 Å². The molecule has 0 radical (unpaired) electrons. The monoisotopic (exact) mass is 436 g/mol. The van der Waals surface area contributed by atoms with E-state index in [-0.39, 0.29) is 18.0 Å². The second-order valence-corrected chi connectivity index (χ2v) is 9.12. The number of carbonyl (C=O) groups excluding carboxylic acids is 3. The molecule has 1 aliphatic heterocycles. The van der Waals surface area contributed by atoms with Gasteiger partial charge in [-0.2, -0.15) is 0 Å². The third-order valence-electron chi connectivity index (χ3n) is 6.61. The first-order chi connectivity index (χ1) is 15.1. The van der Waals surface area contributed by atoms with Crippen LogP contribution >= 0.6 is 0 Å². The average Bonchev–Trinajstić information content (AvgIpc) is 3.02. The van der Waals surface area contributed by atoms with Gasteiger partial charge in [-0.1, -0.05) is 42.4 Å². The van der Waals surface area contributed by atoms with Crippen LogP contribution < -0.4 is 4.74 Å². The minimum Gasteiger partial charge on any atom is -0.488 e. The fraction of sp³-hybridized carbons (Fsp3) is 0.444. The molecular weight excluding hydrogens is 404 g/mol. The van der Waals surface area contributed by atoms with Gasteiger partial charge in [0.25, 0.3) is 0 Å². The van der Waals surface area contributed by atoms with Crippen molar-refractivity contribution in [1.29, 1.82) is 0 Å². The molecule has 0 aromatic heterocycles. The van der Waals surface area contributed by atoms with Crippen molar-refractivity contribution >= 4 is 17.3 Å². The molecule has 1 aliphatic carbocycles. The predicted molar refractivity (Wildman–Crippen MR) is 124 cm³/mol. The molecule has 1 heterocycles. The average molecular weight is 437 g/mol. The number of benzene rings is 1. The Morgan fingerprint density at radius 3 is 2.62 bits per heavy atom. The molecule has 5 nitrogen and oxygen atoms in total. The lowest BCUT2D eigenvalue weighted by Crippen LogP contribution is -2.33. The van der Waals surface area contributed by atoms with Gasteiger partial charge in [0, 0.05) is 6.42 Å². The van der Waals surface area contributed by atoms with Crippen molar-refractivity contribution in [2.24, 2.45) is 11.3 Å². The fourth-order valence-corrected chi connectivity index (χ4v) is 4.55. The third-order valence-corrected chi connectivity index (χ3v) is 6.61. The lowest BCUT2D eigenvalue weighted by Gasteiger charge is -2.32. The van der Waals surface area contributed by atoms with Gasteiger partial charge in [-0.3, -0.25) is 14.4 Å². The highest BCUT2D eigenvalue weighted by Crippen LogP contribution is 2.44. The molecule has 1 aromatic rings. The molecule has 0 unspecified atom stereocenters. The van der Waals surface area contributed by atoms with E-state index in [0.29, 0.717) is 36.1 Å². The van der Waals surface area contributed by atoms with Crippen LogP contribution in [0.4, 0.5) is 0 Å². The van der Waals surface area contributed by atoms with E-state index in [2.05, 4.69) is 0 Å². The van der Waals surface area contributed by atoms with Crippen LogP contribution in [0.2, 0.25) is 0 Å². The zero-order chi connectivity index (χ0) is 23.6. The molecule has 1 N–H and O–H groups in total. The Morgan fingerprint density at radius 1 is 1.25 bits per heavy atom. The van der Waals surface area contributed by atoms with E-state index in [1.54, 1.807) is 25.1 Å². The number of ketones is 3. The molecule has 0 fully saturated rings. The number of hydrogen-bond donors (Lipinski definition) is 1. The summed E-state index contributed by atoms with van der Waals surface area (Å²) in [6.45, 7) is 9.74. The minimum absolute atomic E-state index is 0.0406. The number of Topliss-reactive ketones (excluding diaryl/α,β-unsaturated/α-hetero) is 2. The Balaban J connectivity index is 2.19. The van der Waals surface area contributed by atoms with E-state index in [1.165, 1.54) is 6.08 Å². The standard InChI is InChI=1S/C27H32O5/c1-6-22(29)27(12-10-16(2)3)13-11-17(4)15-32-21-9-7-8-19-23(21)26(31)24(25(19)30)20(28)14-18(27)5/h7-11,14,24-25,30H,6,12-13,15H2,1-5H3/b17-11+,18-14?/t24-,25+,27-/m0/s1. The van der Waals surface area contributed by atoms with E-state index in [0.717, 1.165) is 11.1 Å². The van der Waals surface area contributed by atoms with Gasteiger partial charge < -0.3 is 9.84 Å². The van der Waals surface area contributed by atoms with E-state index in [4.69, 9.17) is 4.74 Å². The lowest BCUT2D eigenvalue weighted by atomic mass is 9.69.